The molecule has 1 atom stereocenters. The van der Waals surface area contributed by atoms with Crippen LogP contribution in [-0.2, 0) is 17.8 Å². The van der Waals surface area contributed by atoms with Gasteiger partial charge in [0.05, 0.1) is 12.0 Å². The number of carboxylic acids is 1. The third-order valence-corrected chi connectivity index (χ3v) is 4.55. The van der Waals surface area contributed by atoms with Crippen LogP contribution < -0.4 is 4.74 Å². The lowest BCUT2D eigenvalue weighted by molar-refractivity contribution is -0.145. The van der Waals surface area contributed by atoms with Gasteiger partial charge in [0.25, 0.3) is 0 Å². The number of benzene rings is 2. The van der Waals surface area contributed by atoms with Crippen LogP contribution in [-0.4, -0.2) is 21.8 Å². The van der Waals surface area contributed by atoms with Crippen molar-refractivity contribution in [1.29, 1.82) is 0 Å². The maximum Gasteiger partial charge on any atom is 0.306 e. The molecule has 0 fully saturated rings. The lowest BCUT2D eigenvalue weighted by atomic mass is 9.82. The number of ether oxygens (including phenoxy) is 1. The van der Waals surface area contributed by atoms with Crippen LogP contribution in [0.2, 0.25) is 0 Å². The Morgan fingerprint density at radius 1 is 1.04 bits per heavy atom. The molecule has 2 aromatic carbocycles. The normalized spacial score (nSPS) is 13.4. The highest BCUT2D eigenvalue weighted by Gasteiger charge is 2.33. The van der Waals surface area contributed by atoms with Gasteiger partial charge in [-0.25, -0.2) is 0 Å². The fraction of sp³-hybridized carbons (Fsp3) is 0.381. The van der Waals surface area contributed by atoms with Gasteiger partial charge in [0, 0.05) is 0 Å². The van der Waals surface area contributed by atoms with Gasteiger partial charge in [-0.3, -0.25) is 4.79 Å². The van der Waals surface area contributed by atoms with Gasteiger partial charge in [0.2, 0.25) is 0 Å². The molecule has 2 rings (SSSR count). The number of carboxylic acid groups (broad SMARTS) is 1. The number of aryl methyl sites for hydroxylation is 1. The van der Waals surface area contributed by atoms with E-state index < -0.39 is 11.6 Å². The maximum atomic E-state index is 11.0. The van der Waals surface area contributed by atoms with E-state index in [-0.39, 0.29) is 12.3 Å². The molecular formula is C21H26O4. The molecule has 0 heterocycles. The smallest absolute Gasteiger partial charge is 0.306 e. The molecule has 0 saturated heterocycles. The first-order valence-electron chi connectivity index (χ1n) is 8.59. The van der Waals surface area contributed by atoms with Crippen LogP contribution in [0, 0.1) is 5.92 Å². The highest BCUT2D eigenvalue weighted by atomic mass is 16.5. The molecule has 0 aromatic heterocycles. The van der Waals surface area contributed by atoms with Gasteiger partial charge in [-0.15, -0.1) is 0 Å². The Labute approximate surface area is 149 Å². The van der Waals surface area contributed by atoms with E-state index in [1.54, 1.807) is 0 Å². The molecule has 2 aromatic rings. The summed E-state index contributed by atoms with van der Waals surface area (Å²) < 4.78 is 5.76. The molecule has 0 aliphatic rings. The molecule has 0 amide bonds. The summed E-state index contributed by atoms with van der Waals surface area (Å²) in [6.07, 6.45) is 0.811. The van der Waals surface area contributed by atoms with Gasteiger partial charge in [0.15, 0.2) is 0 Å². The summed E-state index contributed by atoms with van der Waals surface area (Å²) in [4.78, 5) is 11.0. The molecule has 25 heavy (non-hydrogen) atoms. The molecule has 0 saturated carbocycles. The second-order valence-electron chi connectivity index (χ2n) is 6.75. The average molecular weight is 342 g/mol. The van der Waals surface area contributed by atoms with Crippen molar-refractivity contribution in [3.8, 4) is 5.75 Å². The second-order valence-corrected chi connectivity index (χ2v) is 6.75. The SMILES string of the molecule is CC(C)[C@](O)(CCc1ccc(OCc2ccccc2)cc1)CC(=O)O. The fourth-order valence-corrected chi connectivity index (χ4v) is 2.70. The summed E-state index contributed by atoms with van der Waals surface area (Å²) in [6, 6.07) is 17.7. The van der Waals surface area contributed by atoms with E-state index in [4.69, 9.17) is 9.84 Å². The minimum Gasteiger partial charge on any atom is -0.489 e. The molecule has 134 valence electrons. The minimum atomic E-state index is -1.19. The number of aliphatic carboxylic acids is 1. The Kier molecular flexibility index (Phi) is 6.59. The number of hydrogen-bond donors (Lipinski definition) is 2. The third-order valence-electron chi connectivity index (χ3n) is 4.55. The van der Waals surface area contributed by atoms with Crippen molar-refractivity contribution in [2.45, 2.75) is 45.3 Å². The summed E-state index contributed by atoms with van der Waals surface area (Å²) in [7, 11) is 0. The Bertz CT molecular complexity index is 664. The monoisotopic (exact) mass is 342 g/mol. The van der Waals surface area contributed by atoms with Crippen LogP contribution in [0.25, 0.3) is 0 Å². The van der Waals surface area contributed by atoms with Gasteiger partial charge in [0.1, 0.15) is 12.4 Å². The van der Waals surface area contributed by atoms with Gasteiger partial charge in [-0.05, 0) is 42.0 Å². The first-order chi connectivity index (χ1) is 11.9. The number of rotatable bonds is 9. The average Bonchev–Trinajstić information content (AvgIpc) is 2.59. The molecule has 0 bridgehead atoms. The number of hydrogen-bond acceptors (Lipinski definition) is 3. The Morgan fingerprint density at radius 2 is 1.68 bits per heavy atom. The Balaban J connectivity index is 1.90. The van der Waals surface area contributed by atoms with E-state index in [0.29, 0.717) is 19.4 Å². The van der Waals surface area contributed by atoms with E-state index in [2.05, 4.69) is 0 Å². The van der Waals surface area contributed by atoms with E-state index >= 15 is 0 Å². The molecule has 4 nitrogen and oxygen atoms in total. The van der Waals surface area contributed by atoms with E-state index in [9.17, 15) is 9.90 Å². The van der Waals surface area contributed by atoms with Crippen molar-refractivity contribution in [2.24, 2.45) is 5.92 Å². The third kappa shape index (κ3) is 5.91. The Hall–Kier alpha value is -2.33. The largest absolute Gasteiger partial charge is 0.489 e. The van der Waals surface area contributed by atoms with Crippen LogP contribution in [0.15, 0.2) is 54.6 Å². The fourth-order valence-electron chi connectivity index (χ4n) is 2.70. The van der Waals surface area contributed by atoms with Crippen molar-refractivity contribution in [2.75, 3.05) is 0 Å². The first kappa shape index (κ1) is 19.0. The summed E-state index contributed by atoms with van der Waals surface area (Å²) in [5.41, 5.74) is 0.979. The van der Waals surface area contributed by atoms with Crippen LogP contribution >= 0.6 is 0 Å². The summed E-state index contributed by atoms with van der Waals surface area (Å²) in [5.74, 6) is -0.296. The topological polar surface area (TPSA) is 66.8 Å². The molecule has 0 spiro atoms. The lowest BCUT2D eigenvalue weighted by Crippen LogP contribution is -2.38. The molecule has 4 heteroatoms. The lowest BCUT2D eigenvalue weighted by Gasteiger charge is -2.30. The summed E-state index contributed by atoms with van der Waals surface area (Å²) >= 11 is 0. The molecular weight excluding hydrogens is 316 g/mol. The number of carbonyl (C=O) groups is 1. The molecule has 2 N–H and O–H groups in total. The molecule has 0 aliphatic carbocycles. The van der Waals surface area contributed by atoms with Crippen LogP contribution in [0.3, 0.4) is 0 Å². The van der Waals surface area contributed by atoms with Crippen LogP contribution in [0.4, 0.5) is 0 Å². The number of aliphatic hydroxyl groups is 1. The standard InChI is InChI=1S/C21H26O4/c1-16(2)21(24,14-20(22)23)13-12-17-8-10-19(11-9-17)25-15-18-6-4-3-5-7-18/h3-11,16,24H,12-15H2,1-2H3,(H,22,23)/t21-/m0/s1. The summed E-state index contributed by atoms with van der Waals surface area (Å²) in [5, 5.41) is 19.6. The van der Waals surface area contributed by atoms with Gasteiger partial charge in [-0.2, -0.15) is 0 Å². The second kappa shape index (κ2) is 8.67. The molecule has 0 unspecified atom stereocenters. The first-order valence-corrected chi connectivity index (χ1v) is 8.59. The van der Waals surface area contributed by atoms with Crippen molar-refractivity contribution in [3.63, 3.8) is 0 Å². The zero-order valence-electron chi connectivity index (χ0n) is 14.8. The van der Waals surface area contributed by atoms with Crippen molar-refractivity contribution in [3.05, 3.63) is 65.7 Å². The summed E-state index contributed by atoms with van der Waals surface area (Å²) in [6.45, 7) is 4.22. The highest BCUT2D eigenvalue weighted by molar-refractivity contribution is 5.68. The van der Waals surface area contributed by atoms with Gasteiger partial charge < -0.3 is 14.9 Å². The predicted octanol–water partition coefficient (Wildman–Crippen LogP) is 4.06. The van der Waals surface area contributed by atoms with Crippen molar-refractivity contribution >= 4 is 5.97 Å². The zero-order valence-corrected chi connectivity index (χ0v) is 14.8. The predicted molar refractivity (Wildman–Crippen MR) is 97.6 cm³/mol. The quantitative estimate of drug-likeness (QED) is 0.721. The van der Waals surface area contributed by atoms with E-state index in [1.165, 1.54) is 0 Å². The molecule has 0 radical (unpaired) electrons. The van der Waals surface area contributed by atoms with Crippen molar-refractivity contribution in [1.82, 2.24) is 0 Å². The van der Waals surface area contributed by atoms with Crippen LogP contribution in [0.5, 0.6) is 5.75 Å². The van der Waals surface area contributed by atoms with Gasteiger partial charge in [-0.1, -0.05) is 56.3 Å². The highest BCUT2D eigenvalue weighted by Crippen LogP contribution is 2.27. The van der Waals surface area contributed by atoms with Crippen LogP contribution in [0.1, 0.15) is 37.8 Å². The molecule has 0 aliphatic heterocycles. The Morgan fingerprint density at radius 3 is 2.24 bits per heavy atom. The minimum absolute atomic E-state index is 0.114. The zero-order chi connectivity index (χ0) is 18.3. The van der Waals surface area contributed by atoms with Crippen molar-refractivity contribution < 1.29 is 19.7 Å². The maximum absolute atomic E-state index is 11.0. The van der Waals surface area contributed by atoms with Gasteiger partial charge >= 0.3 is 5.97 Å². The van der Waals surface area contributed by atoms with E-state index in [1.807, 2.05) is 68.4 Å². The van der Waals surface area contributed by atoms with E-state index in [0.717, 1.165) is 16.9 Å².